The van der Waals surface area contributed by atoms with Crippen LogP contribution in [0, 0.1) is 5.82 Å². The molecule has 9 nitrogen and oxygen atoms in total. The highest BCUT2D eigenvalue weighted by Gasteiger charge is 2.40. The van der Waals surface area contributed by atoms with Gasteiger partial charge in [-0.2, -0.15) is 4.31 Å². The molecule has 0 spiro atoms. The van der Waals surface area contributed by atoms with Crippen LogP contribution in [0.15, 0.2) is 53.6 Å². The van der Waals surface area contributed by atoms with Crippen molar-refractivity contribution in [1.82, 2.24) is 14.6 Å². The van der Waals surface area contributed by atoms with E-state index >= 15 is 0 Å². The second kappa shape index (κ2) is 12.6. The predicted octanol–water partition coefficient (Wildman–Crippen LogP) is 4.44. The number of pyridine rings is 1. The van der Waals surface area contributed by atoms with Gasteiger partial charge in [-0.25, -0.2) is 17.8 Å². The van der Waals surface area contributed by atoms with E-state index in [9.17, 15) is 22.7 Å². The zero-order valence-electron chi connectivity index (χ0n) is 23.4. The van der Waals surface area contributed by atoms with Crippen LogP contribution in [-0.4, -0.2) is 60.6 Å². The number of aromatic nitrogens is 1. The molecule has 0 saturated carbocycles. The molecule has 0 radical (unpaired) electrons. The number of nitrogens with one attached hydrogen (secondary N) is 2. The first-order valence-electron chi connectivity index (χ1n) is 14.0. The molecule has 3 aromatic rings. The van der Waals surface area contributed by atoms with Crippen molar-refractivity contribution in [3.63, 3.8) is 0 Å². The Balaban J connectivity index is 1.35. The van der Waals surface area contributed by atoms with E-state index in [0.29, 0.717) is 52.7 Å². The number of carbonyl (C=O) groups excluding carboxylic acids is 1. The fraction of sp³-hybridized carbons (Fsp3) is 0.400. The third-order valence-electron chi connectivity index (χ3n) is 7.82. The second-order valence-electron chi connectivity index (χ2n) is 10.6. The highest BCUT2D eigenvalue weighted by Crippen LogP contribution is 2.37. The number of amides is 1. The van der Waals surface area contributed by atoms with Crippen LogP contribution >= 0.6 is 11.6 Å². The predicted molar refractivity (Wildman–Crippen MR) is 158 cm³/mol. The summed E-state index contributed by atoms with van der Waals surface area (Å²) in [5.41, 5.74) is 2.93. The molecule has 1 saturated heterocycles. The molecule has 1 aromatic heterocycles. The standard InChI is InChI=1S/C30H34ClFN4O5S/c1-3-19-10-22(12-23(32)11-19)27(17-37)35-30(38)18(2)36-16-21-5-4-20(13-28(21)42(36,39)40)25-14-29(33-15-26(25)31)34-24-6-8-41-9-7-24/h4-5,10-15,18,24,27,37H,3,6-9,16-17H2,1-2H3,(H,33,34)(H,35,38). The topological polar surface area (TPSA) is 121 Å². The Morgan fingerprint density at radius 1 is 1.21 bits per heavy atom. The Morgan fingerprint density at radius 2 is 1.98 bits per heavy atom. The molecule has 3 N–H and O–H groups in total. The van der Waals surface area contributed by atoms with Crippen LogP contribution in [0.4, 0.5) is 10.2 Å². The molecule has 12 heteroatoms. The van der Waals surface area contributed by atoms with Gasteiger partial charge in [-0.1, -0.05) is 36.7 Å². The first-order valence-corrected chi connectivity index (χ1v) is 15.8. The quantitative estimate of drug-likeness (QED) is 0.325. The Morgan fingerprint density at radius 3 is 2.69 bits per heavy atom. The van der Waals surface area contributed by atoms with Gasteiger partial charge >= 0.3 is 0 Å². The van der Waals surface area contributed by atoms with Crippen molar-refractivity contribution in [3.05, 3.63) is 76.2 Å². The van der Waals surface area contributed by atoms with Crippen LogP contribution in [0.25, 0.3) is 11.1 Å². The SMILES string of the molecule is CCc1cc(F)cc(C(CO)NC(=O)C(C)N2Cc3ccc(-c4cc(NC5CCOCC5)ncc4Cl)cc3S2(=O)=O)c1. The highest BCUT2D eigenvalue weighted by molar-refractivity contribution is 7.89. The molecule has 2 atom stereocenters. The van der Waals surface area contributed by atoms with Crippen LogP contribution in [0.3, 0.4) is 0 Å². The average molecular weight is 617 g/mol. The molecule has 3 heterocycles. The molecule has 2 aliphatic heterocycles. The molecular formula is C30H34ClFN4O5S. The maximum atomic E-state index is 14.1. The van der Waals surface area contributed by atoms with E-state index in [0.717, 1.165) is 22.7 Å². The lowest BCUT2D eigenvalue weighted by molar-refractivity contribution is -0.125. The third kappa shape index (κ3) is 6.30. The van der Waals surface area contributed by atoms with Crippen molar-refractivity contribution in [3.8, 4) is 11.1 Å². The summed E-state index contributed by atoms with van der Waals surface area (Å²) in [5, 5.41) is 16.4. The summed E-state index contributed by atoms with van der Waals surface area (Å²) in [6.45, 7) is 4.26. The summed E-state index contributed by atoms with van der Waals surface area (Å²) in [6.07, 6.45) is 3.84. The van der Waals surface area contributed by atoms with Crippen molar-refractivity contribution in [1.29, 1.82) is 0 Å². The lowest BCUT2D eigenvalue weighted by atomic mass is 10.0. The monoisotopic (exact) mass is 616 g/mol. The fourth-order valence-electron chi connectivity index (χ4n) is 5.35. The number of fused-ring (bicyclic) bond motifs is 1. The lowest BCUT2D eigenvalue weighted by Gasteiger charge is -2.25. The molecule has 1 fully saturated rings. The van der Waals surface area contributed by atoms with Crippen molar-refractivity contribution in [2.24, 2.45) is 0 Å². The number of benzene rings is 2. The van der Waals surface area contributed by atoms with E-state index in [1.54, 1.807) is 36.5 Å². The maximum absolute atomic E-state index is 14.1. The van der Waals surface area contributed by atoms with Crippen molar-refractivity contribution in [2.45, 2.75) is 62.7 Å². The van der Waals surface area contributed by atoms with Crippen molar-refractivity contribution < 1.29 is 27.4 Å². The van der Waals surface area contributed by atoms with Crippen molar-refractivity contribution in [2.75, 3.05) is 25.1 Å². The Kier molecular flexibility index (Phi) is 9.14. The number of rotatable bonds is 9. The van der Waals surface area contributed by atoms with Crippen LogP contribution in [0.5, 0.6) is 0 Å². The third-order valence-corrected chi connectivity index (χ3v) is 10.1. The number of hydrogen-bond acceptors (Lipinski definition) is 7. The Labute approximate surface area is 250 Å². The molecule has 1 amide bonds. The smallest absolute Gasteiger partial charge is 0.244 e. The van der Waals surface area contributed by atoms with Gasteiger partial charge in [0, 0.05) is 37.6 Å². The first-order chi connectivity index (χ1) is 20.1. The van der Waals surface area contributed by atoms with E-state index in [1.165, 1.54) is 19.1 Å². The van der Waals surface area contributed by atoms with Crippen LogP contribution in [0.1, 0.15) is 49.4 Å². The van der Waals surface area contributed by atoms with Gasteiger partial charge in [-0.15, -0.1) is 0 Å². The molecular weight excluding hydrogens is 583 g/mol. The van der Waals surface area contributed by atoms with Crippen LogP contribution in [0.2, 0.25) is 5.02 Å². The van der Waals surface area contributed by atoms with E-state index < -0.39 is 40.4 Å². The minimum Gasteiger partial charge on any atom is -0.394 e. The van der Waals surface area contributed by atoms with Gasteiger partial charge in [0.25, 0.3) is 0 Å². The van der Waals surface area contributed by atoms with Gasteiger partial charge < -0.3 is 20.5 Å². The lowest BCUT2D eigenvalue weighted by Crippen LogP contribution is -2.46. The van der Waals surface area contributed by atoms with Gasteiger partial charge in [0.1, 0.15) is 17.7 Å². The molecule has 2 aromatic carbocycles. The number of hydrogen-bond donors (Lipinski definition) is 3. The zero-order chi connectivity index (χ0) is 30.0. The molecule has 0 aliphatic carbocycles. The molecule has 0 bridgehead atoms. The zero-order valence-corrected chi connectivity index (χ0v) is 25.0. The van der Waals surface area contributed by atoms with E-state index in [4.69, 9.17) is 16.3 Å². The van der Waals surface area contributed by atoms with Gasteiger partial charge in [-0.05, 0) is 72.7 Å². The first kappa shape index (κ1) is 30.4. The molecule has 224 valence electrons. The number of aryl methyl sites for hydroxylation is 1. The maximum Gasteiger partial charge on any atom is 0.244 e. The summed E-state index contributed by atoms with van der Waals surface area (Å²) in [4.78, 5) is 17.7. The van der Waals surface area contributed by atoms with Gasteiger partial charge in [0.15, 0.2) is 0 Å². The number of halogens is 2. The number of sulfonamides is 1. The largest absolute Gasteiger partial charge is 0.394 e. The molecule has 5 rings (SSSR count). The van der Waals surface area contributed by atoms with Gasteiger partial charge in [0.2, 0.25) is 15.9 Å². The summed E-state index contributed by atoms with van der Waals surface area (Å²) in [7, 11) is -4.03. The minimum atomic E-state index is -4.03. The number of ether oxygens (including phenoxy) is 1. The summed E-state index contributed by atoms with van der Waals surface area (Å²) < 4.78 is 48.0. The average Bonchev–Trinajstić information content (AvgIpc) is 3.25. The fourth-order valence-corrected chi connectivity index (χ4v) is 7.37. The minimum absolute atomic E-state index is 0.0108. The number of anilines is 1. The van der Waals surface area contributed by atoms with E-state index in [2.05, 4.69) is 15.6 Å². The number of carbonyl (C=O) groups is 1. The normalized spacial score (nSPS) is 18.3. The molecule has 2 aliphatic rings. The van der Waals surface area contributed by atoms with E-state index in [-0.39, 0.29) is 17.5 Å². The van der Waals surface area contributed by atoms with Crippen molar-refractivity contribution >= 4 is 33.3 Å². The van der Waals surface area contributed by atoms with E-state index in [1.807, 2.05) is 6.92 Å². The number of aliphatic hydroxyl groups excluding tert-OH is 1. The molecule has 2 unspecified atom stereocenters. The highest BCUT2D eigenvalue weighted by atomic mass is 35.5. The number of aliphatic hydroxyl groups is 1. The summed E-state index contributed by atoms with van der Waals surface area (Å²) in [6, 6.07) is 9.53. The van der Waals surface area contributed by atoms with Gasteiger partial charge in [0.05, 0.1) is 22.6 Å². The van der Waals surface area contributed by atoms with Crippen LogP contribution < -0.4 is 10.6 Å². The molecule has 42 heavy (non-hydrogen) atoms. The summed E-state index contributed by atoms with van der Waals surface area (Å²) >= 11 is 6.49. The van der Waals surface area contributed by atoms with Crippen LogP contribution in [-0.2, 0) is 32.5 Å². The van der Waals surface area contributed by atoms with Gasteiger partial charge in [-0.3, -0.25) is 4.79 Å². The summed E-state index contributed by atoms with van der Waals surface area (Å²) in [5.74, 6) is -0.437. The number of nitrogens with zero attached hydrogens (tertiary/aromatic N) is 2. The Hall–Kier alpha value is -3.09. The Bertz CT molecular complexity index is 1580. The second-order valence-corrected chi connectivity index (χ2v) is 12.9.